The molecule has 0 radical (unpaired) electrons. The number of nitrogens with zero attached hydrogens (tertiary/aromatic N) is 2. The summed E-state index contributed by atoms with van der Waals surface area (Å²) in [6.45, 7) is 11.7. The lowest BCUT2D eigenvalue weighted by molar-refractivity contribution is -0.120. The lowest BCUT2D eigenvalue weighted by Crippen LogP contribution is -2.46. The van der Waals surface area contributed by atoms with Gasteiger partial charge in [0.15, 0.2) is 0 Å². The van der Waals surface area contributed by atoms with E-state index in [0.29, 0.717) is 6.54 Å². The topological polar surface area (TPSA) is 64.7 Å². The number of rotatable bonds is 10. The molecule has 2 N–H and O–H groups in total. The molecule has 1 saturated heterocycles. The monoisotopic (exact) mass is 468 g/mol. The molecule has 0 bridgehead atoms. The summed E-state index contributed by atoms with van der Waals surface area (Å²) >= 11 is 1.53. The predicted octanol–water partition coefficient (Wildman–Crippen LogP) is 4.15. The third-order valence-electron chi connectivity index (χ3n) is 5.80. The van der Waals surface area contributed by atoms with Crippen LogP contribution < -0.4 is 15.5 Å². The third-order valence-corrected chi connectivity index (χ3v) is 6.91. The number of unbranched alkanes of at least 4 members (excludes halogenated alkanes) is 1. The molecule has 7 heteroatoms. The lowest BCUT2D eigenvalue weighted by Gasteiger charge is -2.36. The van der Waals surface area contributed by atoms with E-state index in [0.717, 1.165) is 56.1 Å². The summed E-state index contributed by atoms with van der Waals surface area (Å²) < 4.78 is 0. The first-order chi connectivity index (χ1) is 15.9. The summed E-state index contributed by atoms with van der Waals surface area (Å²) in [5.41, 5.74) is 3.40. The Balaban J connectivity index is 1.28. The number of hydrogen-bond acceptors (Lipinski definition) is 5. The zero-order chi connectivity index (χ0) is 23.6. The first kappa shape index (κ1) is 25.1. The van der Waals surface area contributed by atoms with Crippen molar-refractivity contribution in [3.63, 3.8) is 0 Å². The van der Waals surface area contributed by atoms with Crippen LogP contribution in [-0.4, -0.2) is 61.2 Å². The maximum absolute atomic E-state index is 12.4. The second-order valence-corrected chi connectivity index (χ2v) is 10.0. The molecular weight excluding hydrogens is 432 g/mol. The molecule has 1 aliphatic rings. The van der Waals surface area contributed by atoms with Gasteiger partial charge < -0.3 is 15.5 Å². The van der Waals surface area contributed by atoms with Crippen molar-refractivity contribution in [2.45, 2.75) is 43.8 Å². The second kappa shape index (κ2) is 12.7. The van der Waals surface area contributed by atoms with Gasteiger partial charge in [-0.15, -0.1) is 11.8 Å². The van der Waals surface area contributed by atoms with E-state index < -0.39 is 0 Å². The fourth-order valence-corrected chi connectivity index (χ4v) is 4.84. The Bertz CT molecular complexity index is 911. The maximum atomic E-state index is 12.4. The predicted molar refractivity (Wildman–Crippen MR) is 138 cm³/mol. The summed E-state index contributed by atoms with van der Waals surface area (Å²) in [6, 6.07) is 16.3. The molecule has 33 heavy (non-hydrogen) atoms. The average Bonchev–Trinajstić information content (AvgIpc) is 2.80. The summed E-state index contributed by atoms with van der Waals surface area (Å²) in [6.07, 6.45) is 2.09. The van der Waals surface area contributed by atoms with E-state index in [1.807, 2.05) is 31.2 Å². The fraction of sp³-hybridized carbons (Fsp3) is 0.462. The molecule has 1 atom stereocenters. The molecule has 0 spiro atoms. The SMILES string of the molecule is CC(=O)Nc1ccc(SC(C)C(=O)NCCCCN2CCN(c3cccc(C)c3)CC2)cc1. The zero-order valence-corrected chi connectivity index (χ0v) is 20.8. The van der Waals surface area contributed by atoms with Crippen LogP contribution in [0.1, 0.15) is 32.3 Å². The van der Waals surface area contributed by atoms with Gasteiger partial charge in [-0.25, -0.2) is 0 Å². The molecular formula is C26H36N4O2S. The Morgan fingerprint density at radius 2 is 1.76 bits per heavy atom. The molecule has 2 amide bonds. The van der Waals surface area contributed by atoms with Gasteiger partial charge in [0.1, 0.15) is 0 Å². The van der Waals surface area contributed by atoms with Gasteiger partial charge in [0.25, 0.3) is 0 Å². The smallest absolute Gasteiger partial charge is 0.233 e. The van der Waals surface area contributed by atoms with Crippen molar-refractivity contribution < 1.29 is 9.59 Å². The lowest BCUT2D eigenvalue weighted by atomic mass is 10.2. The Kier molecular flexibility index (Phi) is 9.63. The molecule has 1 unspecified atom stereocenters. The highest BCUT2D eigenvalue weighted by Gasteiger charge is 2.17. The molecule has 3 rings (SSSR count). The number of nitrogens with one attached hydrogen (secondary N) is 2. The average molecular weight is 469 g/mol. The normalized spacial score (nSPS) is 15.2. The van der Waals surface area contributed by atoms with Gasteiger partial charge in [0, 0.05) is 55.9 Å². The van der Waals surface area contributed by atoms with E-state index in [-0.39, 0.29) is 17.1 Å². The molecule has 2 aromatic carbocycles. The van der Waals surface area contributed by atoms with Gasteiger partial charge in [-0.3, -0.25) is 14.5 Å². The highest BCUT2D eigenvalue weighted by atomic mass is 32.2. The quantitative estimate of drug-likeness (QED) is 0.405. The second-order valence-electron chi connectivity index (χ2n) is 8.63. The minimum atomic E-state index is -0.161. The van der Waals surface area contributed by atoms with Gasteiger partial charge in [0.2, 0.25) is 11.8 Å². The first-order valence-electron chi connectivity index (χ1n) is 11.8. The number of carbonyl (C=O) groups excluding carboxylic acids is 2. The number of piperazine rings is 1. The van der Waals surface area contributed by atoms with Crippen LogP contribution in [0.3, 0.4) is 0 Å². The molecule has 0 aliphatic carbocycles. The molecule has 0 aromatic heterocycles. The van der Waals surface area contributed by atoms with Crippen molar-refractivity contribution in [2.75, 3.05) is 49.5 Å². The van der Waals surface area contributed by atoms with E-state index >= 15 is 0 Å². The van der Waals surface area contributed by atoms with Gasteiger partial charge in [-0.1, -0.05) is 12.1 Å². The van der Waals surface area contributed by atoms with Crippen LogP contribution in [0.4, 0.5) is 11.4 Å². The van der Waals surface area contributed by atoms with Crippen LogP contribution in [0.2, 0.25) is 0 Å². The molecule has 1 fully saturated rings. The Labute approximate surface area is 202 Å². The van der Waals surface area contributed by atoms with E-state index in [1.165, 1.54) is 29.9 Å². The van der Waals surface area contributed by atoms with E-state index in [1.54, 1.807) is 0 Å². The minimum Gasteiger partial charge on any atom is -0.369 e. The summed E-state index contributed by atoms with van der Waals surface area (Å²) in [7, 11) is 0. The maximum Gasteiger partial charge on any atom is 0.233 e. The van der Waals surface area contributed by atoms with Gasteiger partial charge in [-0.05, 0) is 75.2 Å². The molecule has 1 aliphatic heterocycles. The van der Waals surface area contributed by atoms with Crippen LogP contribution >= 0.6 is 11.8 Å². The van der Waals surface area contributed by atoms with Crippen molar-refractivity contribution in [1.29, 1.82) is 0 Å². The van der Waals surface area contributed by atoms with Gasteiger partial charge >= 0.3 is 0 Å². The number of amides is 2. The Morgan fingerprint density at radius 1 is 1.03 bits per heavy atom. The van der Waals surface area contributed by atoms with E-state index in [2.05, 4.69) is 51.6 Å². The van der Waals surface area contributed by atoms with Crippen LogP contribution in [0.15, 0.2) is 53.4 Å². The highest BCUT2D eigenvalue weighted by Crippen LogP contribution is 2.25. The van der Waals surface area contributed by atoms with Crippen molar-refractivity contribution in [2.24, 2.45) is 0 Å². The fourth-order valence-electron chi connectivity index (χ4n) is 3.95. The van der Waals surface area contributed by atoms with Gasteiger partial charge in [0.05, 0.1) is 5.25 Å². The highest BCUT2D eigenvalue weighted by molar-refractivity contribution is 8.00. The minimum absolute atomic E-state index is 0.0673. The molecule has 178 valence electrons. The summed E-state index contributed by atoms with van der Waals surface area (Å²) in [4.78, 5) is 29.5. The number of carbonyl (C=O) groups is 2. The Hall–Kier alpha value is -2.51. The van der Waals surface area contributed by atoms with Crippen LogP contribution in [0.5, 0.6) is 0 Å². The van der Waals surface area contributed by atoms with E-state index in [9.17, 15) is 9.59 Å². The largest absolute Gasteiger partial charge is 0.369 e. The number of aryl methyl sites for hydroxylation is 1. The molecule has 1 heterocycles. The van der Waals surface area contributed by atoms with Crippen LogP contribution in [-0.2, 0) is 9.59 Å². The number of thioether (sulfide) groups is 1. The summed E-state index contributed by atoms with van der Waals surface area (Å²) in [5.74, 6) is -0.0228. The number of hydrogen-bond donors (Lipinski definition) is 2. The molecule has 6 nitrogen and oxygen atoms in total. The van der Waals surface area contributed by atoms with Crippen LogP contribution in [0, 0.1) is 6.92 Å². The summed E-state index contributed by atoms with van der Waals surface area (Å²) in [5, 5.41) is 5.66. The van der Waals surface area contributed by atoms with Crippen molar-refractivity contribution >= 4 is 35.0 Å². The van der Waals surface area contributed by atoms with Crippen molar-refractivity contribution in [1.82, 2.24) is 10.2 Å². The Morgan fingerprint density at radius 3 is 2.42 bits per heavy atom. The zero-order valence-electron chi connectivity index (χ0n) is 20.0. The standard InChI is InChI=1S/C26H36N4O2S/c1-20-7-6-8-24(19-20)30-17-15-29(16-18-30)14-5-4-13-27-26(32)21(2)33-25-11-9-23(10-12-25)28-22(3)31/h6-12,19,21H,4-5,13-18H2,1-3H3,(H,27,32)(H,28,31). The van der Waals surface area contributed by atoms with Crippen LogP contribution in [0.25, 0.3) is 0 Å². The van der Waals surface area contributed by atoms with E-state index in [4.69, 9.17) is 0 Å². The number of benzene rings is 2. The van der Waals surface area contributed by atoms with Crippen molar-refractivity contribution in [3.05, 3.63) is 54.1 Å². The molecule has 0 saturated carbocycles. The molecule has 2 aromatic rings. The van der Waals surface area contributed by atoms with Crippen molar-refractivity contribution in [3.8, 4) is 0 Å². The number of anilines is 2. The third kappa shape index (κ3) is 8.41. The van der Waals surface area contributed by atoms with Gasteiger partial charge in [-0.2, -0.15) is 0 Å². The first-order valence-corrected chi connectivity index (χ1v) is 12.6.